The van der Waals surface area contributed by atoms with Crippen molar-refractivity contribution >= 4 is 11.0 Å². The van der Waals surface area contributed by atoms with E-state index in [-0.39, 0.29) is 11.3 Å². The molecule has 0 aromatic carbocycles. The molecule has 3 heterocycles. The topological polar surface area (TPSA) is 38.7 Å². The molecule has 0 saturated heterocycles. The van der Waals surface area contributed by atoms with Gasteiger partial charge in [0.15, 0.2) is 11.3 Å². The van der Waals surface area contributed by atoms with Crippen molar-refractivity contribution in [1.29, 1.82) is 0 Å². The van der Waals surface area contributed by atoms with Crippen LogP contribution in [0, 0.1) is 6.92 Å². The minimum absolute atomic E-state index is 0.154. The third kappa shape index (κ3) is 3.40. The predicted molar refractivity (Wildman–Crippen MR) is 77.5 cm³/mol. The molecule has 0 aliphatic rings. The highest BCUT2D eigenvalue weighted by atomic mass is 19.4. The van der Waals surface area contributed by atoms with E-state index in [2.05, 4.69) is 15.0 Å². The molecule has 0 bridgehead atoms. The average molecular weight is 357 g/mol. The van der Waals surface area contributed by atoms with Gasteiger partial charge >= 0.3 is 12.4 Å². The number of nitrogens with zero attached hydrogens (tertiary/aromatic N) is 3. The smallest absolute Gasteiger partial charge is 0.238 e. The summed E-state index contributed by atoms with van der Waals surface area (Å²) in [6.07, 6.45) is -10.0. The third-order valence-electron chi connectivity index (χ3n) is 3.42. The standard InChI is InChI=1S/C16H9F6N3/c1-8-2-3-9-4-6-11(24-14(9)23-8)10-5-7-12(15(17,18)19)25-13(10)16(20,21)22/h2-7H,1H3. The number of aromatic nitrogens is 3. The fourth-order valence-electron chi connectivity index (χ4n) is 2.28. The fraction of sp³-hybridized carbons (Fsp3) is 0.188. The summed E-state index contributed by atoms with van der Waals surface area (Å²) in [4.78, 5) is 10.9. The maximum Gasteiger partial charge on any atom is 0.434 e. The first kappa shape index (κ1) is 17.1. The Labute approximate surface area is 137 Å². The van der Waals surface area contributed by atoms with Gasteiger partial charge < -0.3 is 0 Å². The molecule has 0 saturated carbocycles. The van der Waals surface area contributed by atoms with Crippen LogP contribution in [-0.2, 0) is 12.4 Å². The normalized spacial score (nSPS) is 12.6. The van der Waals surface area contributed by atoms with Gasteiger partial charge in [-0.15, -0.1) is 0 Å². The zero-order valence-electron chi connectivity index (χ0n) is 12.6. The Bertz CT molecular complexity index is 947. The maximum absolute atomic E-state index is 13.2. The van der Waals surface area contributed by atoms with Gasteiger partial charge in [0.1, 0.15) is 5.69 Å². The van der Waals surface area contributed by atoms with Crippen LogP contribution in [0.25, 0.3) is 22.3 Å². The van der Waals surface area contributed by atoms with Crippen LogP contribution in [0.2, 0.25) is 0 Å². The van der Waals surface area contributed by atoms with Crippen LogP contribution in [-0.4, -0.2) is 15.0 Å². The van der Waals surface area contributed by atoms with Crippen molar-refractivity contribution in [2.24, 2.45) is 0 Å². The van der Waals surface area contributed by atoms with Crippen LogP contribution in [0.5, 0.6) is 0 Å². The van der Waals surface area contributed by atoms with Gasteiger partial charge in [-0.3, -0.25) is 0 Å². The van der Waals surface area contributed by atoms with Crippen LogP contribution >= 0.6 is 0 Å². The van der Waals surface area contributed by atoms with Gasteiger partial charge in [-0.05, 0) is 43.3 Å². The lowest BCUT2D eigenvalue weighted by Crippen LogP contribution is -2.16. The van der Waals surface area contributed by atoms with Crippen LogP contribution in [0.1, 0.15) is 17.1 Å². The molecule has 9 heteroatoms. The van der Waals surface area contributed by atoms with E-state index in [9.17, 15) is 26.3 Å². The number of aryl methyl sites for hydroxylation is 1. The van der Waals surface area contributed by atoms with Gasteiger partial charge in [0.25, 0.3) is 0 Å². The number of fused-ring (bicyclic) bond motifs is 1. The van der Waals surface area contributed by atoms with E-state index in [4.69, 9.17) is 0 Å². The van der Waals surface area contributed by atoms with Crippen LogP contribution < -0.4 is 0 Å². The molecule has 0 N–H and O–H groups in total. The maximum atomic E-state index is 13.2. The molecular formula is C16H9F6N3. The van der Waals surface area contributed by atoms with Gasteiger partial charge in [-0.1, -0.05) is 0 Å². The Balaban J connectivity index is 2.22. The Kier molecular flexibility index (Phi) is 3.89. The van der Waals surface area contributed by atoms with Crippen LogP contribution in [0.3, 0.4) is 0 Å². The van der Waals surface area contributed by atoms with Gasteiger partial charge in [0, 0.05) is 16.6 Å². The Hall–Kier alpha value is -2.71. The highest BCUT2D eigenvalue weighted by molar-refractivity contribution is 5.79. The summed E-state index contributed by atoms with van der Waals surface area (Å²) in [5, 5.41) is 0.600. The molecule has 0 unspecified atom stereocenters. The quantitative estimate of drug-likeness (QED) is 0.573. The largest absolute Gasteiger partial charge is 0.434 e. The minimum atomic E-state index is -5.06. The molecule has 0 aliphatic carbocycles. The lowest BCUT2D eigenvalue weighted by molar-refractivity contribution is -0.149. The van der Waals surface area contributed by atoms with E-state index in [1.807, 2.05) is 0 Å². The predicted octanol–water partition coefficient (Wildman–Crippen LogP) is 5.04. The van der Waals surface area contributed by atoms with E-state index in [1.165, 1.54) is 12.1 Å². The minimum Gasteiger partial charge on any atom is -0.238 e. The van der Waals surface area contributed by atoms with Gasteiger partial charge in [0.05, 0.1) is 5.69 Å². The van der Waals surface area contributed by atoms with Gasteiger partial charge in [-0.2, -0.15) is 26.3 Å². The molecule has 0 spiro atoms. The van der Waals surface area contributed by atoms with Crippen molar-refractivity contribution in [1.82, 2.24) is 15.0 Å². The number of pyridine rings is 3. The van der Waals surface area contributed by atoms with Gasteiger partial charge in [-0.25, -0.2) is 15.0 Å². The molecule has 130 valence electrons. The zero-order valence-corrected chi connectivity index (χ0v) is 12.6. The highest BCUT2D eigenvalue weighted by Crippen LogP contribution is 2.38. The molecule has 3 nitrogen and oxygen atoms in total. The SMILES string of the molecule is Cc1ccc2ccc(-c3ccc(C(F)(F)F)nc3C(F)(F)F)nc2n1. The second kappa shape index (κ2) is 5.68. The van der Waals surface area contributed by atoms with E-state index in [0.29, 0.717) is 17.1 Å². The molecule has 3 rings (SSSR count). The summed E-state index contributed by atoms with van der Waals surface area (Å²) in [5.74, 6) is 0. The Morgan fingerprint density at radius 2 is 1.40 bits per heavy atom. The number of hydrogen-bond donors (Lipinski definition) is 0. The molecule has 3 aromatic rings. The third-order valence-corrected chi connectivity index (χ3v) is 3.42. The summed E-state index contributed by atoms with van der Waals surface area (Å²) >= 11 is 0. The lowest BCUT2D eigenvalue weighted by Gasteiger charge is -2.14. The first-order chi connectivity index (χ1) is 11.6. The number of alkyl halides is 6. The molecule has 0 fully saturated rings. The second-order valence-electron chi connectivity index (χ2n) is 5.28. The number of rotatable bonds is 1. The summed E-state index contributed by atoms with van der Waals surface area (Å²) in [5.41, 5.74) is -3.13. The molecule has 0 amide bonds. The molecule has 0 aliphatic heterocycles. The number of halogens is 6. The second-order valence-corrected chi connectivity index (χ2v) is 5.28. The summed E-state index contributed by atoms with van der Waals surface area (Å²) in [6, 6.07) is 7.43. The molecule has 3 aromatic heterocycles. The van der Waals surface area contributed by atoms with Gasteiger partial charge in [0.2, 0.25) is 0 Å². The molecule has 0 atom stereocenters. The van der Waals surface area contributed by atoms with Crippen molar-refractivity contribution in [3.8, 4) is 11.3 Å². The highest BCUT2D eigenvalue weighted by Gasteiger charge is 2.40. The first-order valence-electron chi connectivity index (χ1n) is 6.96. The first-order valence-corrected chi connectivity index (χ1v) is 6.96. The van der Waals surface area contributed by atoms with Crippen molar-refractivity contribution in [3.63, 3.8) is 0 Å². The monoisotopic (exact) mass is 357 g/mol. The lowest BCUT2D eigenvalue weighted by atomic mass is 10.1. The zero-order chi connectivity index (χ0) is 18.4. The van der Waals surface area contributed by atoms with Crippen molar-refractivity contribution < 1.29 is 26.3 Å². The number of hydrogen-bond acceptors (Lipinski definition) is 3. The van der Waals surface area contributed by atoms with E-state index >= 15 is 0 Å². The molecular weight excluding hydrogens is 348 g/mol. The van der Waals surface area contributed by atoms with Crippen molar-refractivity contribution in [2.75, 3.05) is 0 Å². The Morgan fingerprint density at radius 3 is 2.04 bits per heavy atom. The summed E-state index contributed by atoms with van der Waals surface area (Å²) in [6.45, 7) is 1.69. The van der Waals surface area contributed by atoms with Crippen molar-refractivity contribution in [3.05, 3.63) is 53.5 Å². The fourth-order valence-corrected chi connectivity index (χ4v) is 2.28. The van der Waals surface area contributed by atoms with Crippen LogP contribution in [0.15, 0.2) is 36.4 Å². The van der Waals surface area contributed by atoms with E-state index in [1.54, 1.807) is 19.1 Å². The summed E-state index contributed by atoms with van der Waals surface area (Å²) in [7, 11) is 0. The average Bonchev–Trinajstić information content (AvgIpc) is 2.52. The molecule has 0 radical (unpaired) electrons. The van der Waals surface area contributed by atoms with E-state index in [0.717, 1.165) is 6.07 Å². The summed E-state index contributed by atoms with van der Waals surface area (Å²) < 4.78 is 77.7. The van der Waals surface area contributed by atoms with Crippen molar-refractivity contribution in [2.45, 2.75) is 19.3 Å². The Morgan fingerprint density at radius 1 is 0.720 bits per heavy atom. The van der Waals surface area contributed by atoms with Crippen LogP contribution in [0.4, 0.5) is 26.3 Å². The van der Waals surface area contributed by atoms with E-state index < -0.39 is 29.3 Å². The molecule has 25 heavy (non-hydrogen) atoms.